The van der Waals surface area contributed by atoms with Gasteiger partial charge in [-0.15, -0.1) is 0 Å². The highest BCUT2D eigenvalue weighted by molar-refractivity contribution is 5.75. The molecule has 3 nitrogen and oxygen atoms in total. The standard InChI is InChI=1S/C6H7N.3C6H6.BH2.2H3N/c7-6-4-2-1-3-5-6;3*1-2-4-6-5-3-1;;;/h1-5H,7H2;3*1-6H;1H2;2*1H3/i;;;;1D2;;. The summed E-state index contributed by atoms with van der Waals surface area (Å²) in [6, 6.07) is 45.5. The molecule has 0 spiro atoms. The summed E-state index contributed by atoms with van der Waals surface area (Å²) in [6.45, 7) is 0. The maximum Gasteiger partial charge on any atom is 0.0643 e. The van der Waals surface area contributed by atoms with Crippen molar-refractivity contribution in [1.29, 1.82) is 2.67 Å². The van der Waals surface area contributed by atoms with E-state index >= 15 is 0 Å². The predicted octanol–water partition coefficient (Wildman–Crippen LogP) is 5.74. The molecule has 4 aromatic rings. The van der Waals surface area contributed by atoms with E-state index in [1.165, 1.54) is 0 Å². The first-order chi connectivity index (χ1) is 13.8. The Balaban J connectivity index is -0.000000305. The zero-order valence-electron chi connectivity index (χ0n) is 18.3. The van der Waals surface area contributed by atoms with Gasteiger partial charge < -0.3 is 18.0 Å². The Morgan fingerprint density at radius 3 is 0.679 bits per heavy atom. The first-order valence-corrected chi connectivity index (χ1v) is 8.20. The number of nitrogen functional groups attached to an aromatic ring is 1. The molecule has 0 aliphatic carbocycles. The fourth-order valence-electron chi connectivity index (χ4n) is 1.61. The Labute approximate surface area is 174 Å². The van der Waals surface area contributed by atoms with Crippen molar-refractivity contribution >= 4 is 14.0 Å². The van der Waals surface area contributed by atoms with E-state index in [1.807, 2.05) is 140 Å². The minimum Gasteiger partial charge on any atom is -0.399 e. The topological polar surface area (TPSA) is 96.0 Å². The highest BCUT2D eigenvalue weighted by atomic mass is 14.5. The van der Waals surface area contributed by atoms with E-state index in [0.29, 0.717) is 8.34 Å². The van der Waals surface area contributed by atoms with E-state index < -0.39 is 0 Å². The molecule has 0 bridgehead atoms. The van der Waals surface area contributed by atoms with Crippen LogP contribution in [0.2, 0.25) is 0 Å². The molecule has 4 aromatic carbocycles. The third kappa shape index (κ3) is 20.7. The van der Waals surface area contributed by atoms with Crippen LogP contribution >= 0.6 is 0 Å². The van der Waals surface area contributed by atoms with Crippen molar-refractivity contribution < 1.29 is 0 Å². The van der Waals surface area contributed by atoms with E-state index in [9.17, 15) is 0 Å². The summed E-state index contributed by atoms with van der Waals surface area (Å²) in [7, 11) is 0.500. The van der Waals surface area contributed by atoms with Gasteiger partial charge >= 0.3 is 0 Å². The van der Waals surface area contributed by atoms with E-state index in [0.717, 1.165) is 5.69 Å². The summed E-state index contributed by atoms with van der Waals surface area (Å²) >= 11 is 0. The van der Waals surface area contributed by atoms with E-state index in [2.05, 4.69) is 0 Å². The Bertz CT molecular complexity index is 580. The molecule has 0 unspecified atom stereocenters. The highest BCUT2D eigenvalue weighted by Crippen LogP contribution is 1.95. The third-order valence-electron chi connectivity index (χ3n) is 2.80. The van der Waals surface area contributed by atoms with Gasteiger partial charge in [-0.05, 0) is 14.8 Å². The largest absolute Gasteiger partial charge is 0.399 e. The van der Waals surface area contributed by atoms with Crippen LogP contribution in [-0.4, -0.2) is 11.0 Å². The van der Waals surface area contributed by atoms with Gasteiger partial charge in [0.2, 0.25) is 0 Å². The second-order valence-electron chi connectivity index (χ2n) is 4.87. The first kappa shape index (κ1) is 24.7. The van der Waals surface area contributed by atoms with Crippen molar-refractivity contribution in [1.82, 2.24) is 12.3 Å². The van der Waals surface area contributed by atoms with Crippen molar-refractivity contribution in [2.24, 2.45) is 0 Å². The Morgan fingerprint density at radius 1 is 0.429 bits per heavy atom. The smallest absolute Gasteiger partial charge is 0.0643 e. The van der Waals surface area contributed by atoms with Crippen molar-refractivity contribution in [2.75, 3.05) is 5.73 Å². The Morgan fingerprint density at radius 2 is 0.571 bits per heavy atom. The normalized spacial score (nSPS) is 7.86. The molecule has 1 radical (unpaired) electrons. The van der Waals surface area contributed by atoms with Gasteiger partial charge in [-0.3, -0.25) is 0 Å². The SMILES string of the molecule is N.N.Nc1ccccc1.[2H][B][2H].c1ccccc1.c1ccccc1.c1ccccc1. The van der Waals surface area contributed by atoms with Crippen LogP contribution in [0.1, 0.15) is 0 Å². The molecule has 0 aliphatic rings. The van der Waals surface area contributed by atoms with E-state index in [4.69, 9.17) is 8.41 Å². The van der Waals surface area contributed by atoms with Crippen LogP contribution in [0, 0.1) is 0 Å². The average molecular weight is 376 g/mol. The summed E-state index contributed by atoms with van der Waals surface area (Å²) in [4.78, 5) is 0. The lowest BCUT2D eigenvalue weighted by Crippen LogP contribution is -1.79. The van der Waals surface area contributed by atoms with Crippen LogP contribution in [0.5, 0.6) is 0 Å². The van der Waals surface area contributed by atoms with Crippen LogP contribution in [0.15, 0.2) is 140 Å². The molecular formula is C24H33BN3. The van der Waals surface area contributed by atoms with Crippen molar-refractivity contribution in [2.45, 2.75) is 0 Å². The Kier molecular flexibility index (Phi) is 20.8. The predicted molar refractivity (Wildman–Crippen MR) is 129 cm³/mol. The average Bonchev–Trinajstić information content (AvgIpc) is 2.80. The van der Waals surface area contributed by atoms with Gasteiger partial charge in [0.15, 0.2) is 0 Å². The molecule has 0 saturated heterocycles. The van der Waals surface area contributed by atoms with Crippen LogP contribution in [0.3, 0.4) is 0 Å². The van der Waals surface area contributed by atoms with E-state index in [1.54, 1.807) is 0 Å². The van der Waals surface area contributed by atoms with E-state index in [-0.39, 0.29) is 12.3 Å². The molecule has 4 rings (SSSR count). The quantitative estimate of drug-likeness (QED) is 0.270. The number of anilines is 1. The monoisotopic (exact) mass is 376 g/mol. The van der Waals surface area contributed by atoms with Crippen molar-refractivity contribution in [3.63, 3.8) is 0 Å². The summed E-state index contributed by atoms with van der Waals surface area (Å²) in [6.07, 6.45) is 0. The maximum atomic E-state index is 5.75. The molecule has 147 valence electrons. The number of hydrogen-bond donors (Lipinski definition) is 3. The van der Waals surface area contributed by atoms with Gasteiger partial charge in [-0.25, -0.2) is 0 Å². The lowest BCUT2D eigenvalue weighted by Gasteiger charge is -1.83. The second-order valence-corrected chi connectivity index (χ2v) is 4.87. The molecule has 0 heterocycles. The lowest BCUT2D eigenvalue weighted by molar-refractivity contribution is 1.69. The number of rotatable bonds is 0. The number of benzene rings is 4. The summed E-state index contributed by atoms with van der Waals surface area (Å²) in [5.41, 5.74) is 6.18. The number of nitrogens with two attached hydrogens (primary N) is 1. The molecule has 28 heavy (non-hydrogen) atoms. The maximum absolute atomic E-state index is 5.75. The van der Waals surface area contributed by atoms with Crippen molar-refractivity contribution in [3.8, 4) is 0 Å². The fraction of sp³-hybridized carbons (Fsp3) is 0. The first-order valence-electron chi connectivity index (χ1n) is 9.35. The Hall–Kier alpha value is -3.34. The summed E-state index contributed by atoms with van der Waals surface area (Å²) in [5, 5.41) is 0. The van der Waals surface area contributed by atoms with Gasteiger partial charge in [-0.2, -0.15) is 0 Å². The molecule has 0 aromatic heterocycles. The number of hydrogen-bond acceptors (Lipinski definition) is 3. The summed E-state index contributed by atoms with van der Waals surface area (Å²) in [5.74, 6) is 0. The second kappa shape index (κ2) is 23.7. The molecular weight excluding hydrogens is 341 g/mol. The molecule has 4 heteroatoms. The van der Waals surface area contributed by atoms with Crippen LogP contribution in [0.4, 0.5) is 5.69 Å². The molecule has 0 saturated carbocycles. The lowest BCUT2D eigenvalue weighted by atomic mass is 10.3. The highest BCUT2D eigenvalue weighted by Gasteiger charge is 1.72. The number of para-hydroxylation sites is 1. The fourth-order valence-corrected chi connectivity index (χ4v) is 1.61. The molecule has 0 aliphatic heterocycles. The van der Waals surface area contributed by atoms with Crippen LogP contribution in [-0.2, 0) is 0 Å². The summed E-state index contributed by atoms with van der Waals surface area (Å²) < 4.78 is 11.5. The van der Waals surface area contributed by atoms with Crippen molar-refractivity contribution in [3.05, 3.63) is 140 Å². The van der Waals surface area contributed by atoms with Crippen LogP contribution in [0.25, 0.3) is 0 Å². The van der Waals surface area contributed by atoms with Gasteiger partial charge in [-0.1, -0.05) is 127 Å². The van der Waals surface area contributed by atoms with Gasteiger partial charge in [0.1, 0.15) is 0 Å². The molecule has 8 N–H and O–H groups in total. The third-order valence-corrected chi connectivity index (χ3v) is 2.80. The molecule has 0 amide bonds. The van der Waals surface area contributed by atoms with Gasteiger partial charge in [0.05, 0.1) is 8.34 Å². The molecule has 0 atom stereocenters. The van der Waals surface area contributed by atoms with Gasteiger partial charge in [0, 0.05) is 5.69 Å². The zero-order valence-corrected chi connectivity index (χ0v) is 16.3. The van der Waals surface area contributed by atoms with Crippen LogP contribution < -0.4 is 18.0 Å². The minimum atomic E-state index is 0. The molecule has 0 fully saturated rings. The zero-order chi connectivity index (χ0) is 20.5. The minimum absolute atomic E-state index is 0. The van der Waals surface area contributed by atoms with Gasteiger partial charge in [0.25, 0.3) is 0 Å².